The van der Waals surface area contributed by atoms with Crippen LogP contribution in [0.25, 0.3) is 0 Å². The zero-order chi connectivity index (χ0) is 9.40. The molecule has 1 atom stereocenters. The summed E-state index contributed by atoms with van der Waals surface area (Å²) in [6.07, 6.45) is 4.18. The molecular formula is C10H20O2. The van der Waals surface area contributed by atoms with Crippen LogP contribution >= 0.6 is 0 Å². The van der Waals surface area contributed by atoms with Crippen molar-refractivity contribution in [3.05, 3.63) is 0 Å². The van der Waals surface area contributed by atoms with Crippen LogP contribution in [0, 0.1) is 5.92 Å². The molecule has 0 bridgehead atoms. The van der Waals surface area contributed by atoms with E-state index in [1.807, 2.05) is 13.8 Å². The number of esters is 1. The average molecular weight is 172 g/mol. The van der Waals surface area contributed by atoms with Crippen LogP contribution in [0.4, 0.5) is 0 Å². The van der Waals surface area contributed by atoms with Crippen molar-refractivity contribution in [3.63, 3.8) is 0 Å². The van der Waals surface area contributed by atoms with E-state index in [9.17, 15) is 4.79 Å². The number of rotatable bonds is 6. The van der Waals surface area contributed by atoms with Gasteiger partial charge < -0.3 is 4.74 Å². The molecule has 0 radical (unpaired) electrons. The first-order valence-electron chi connectivity index (χ1n) is 4.89. The van der Waals surface area contributed by atoms with Gasteiger partial charge in [-0.15, -0.1) is 0 Å². The Hall–Kier alpha value is -0.530. The second kappa shape index (κ2) is 7.14. The lowest BCUT2D eigenvalue weighted by atomic mass is 10.1. The van der Waals surface area contributed by atoms with Crippen molar-refractivity contribution in [1.29, 1.82) is 0 Å². The van der Waals surface area contributed by atoms with E-state index < -0.39 is 0 Å². The van der Waals surface area contributed by atoms with Crippen LogP contribution in [0.5, 0.6) is 0 Å². The molecule has 0 aliphatic carbocycles. The zero-order valence-corrected chi connectivity index (χ0v) is 8.43. The van der Waals surface area contributed by atoms with Gasteiger partial charge in [-0.05, 0) is 12.8 Å². The fourth-order valence-electron chi connectivity index (χ4n) is 0.834. The highest BCUT2D eigenvalue weighted by atomic mass is 16.5. The molecular weight excluding hydrogens is 152 g/mol. The molecule has 0 aliphatic heterocycles. The van der Waals surface area contributed by atoms with Crippen molar-refractivity contribution in [2.45, 2.75) is 46.5 Å². The molecule has 0 spiro atoms. The topological polar surface area (TPSA) is 26.3 Å². The Morgan fingerprint density at radius 1 is 1.33 bits per heavy atom. The predicted octanol–water partition coefficient (Wildman–Crippen LogP) is 2.77. The third kappa shape index (κ3) is 5.16. The molecule has 0 fully saturated rings. The minimum atomic E-state index is -0.0476. The molecule has 0 amide bonds. The third-order valence-corrected chi connectivity index (χ3v) is 2.01. The first kappa shape index (κ1) is 11.5. The van der Waals surface area contributed by atoms with Crippen molar-refractivity contribution in [1.82, 2.24) is 0 Å². The summed E-state index contributed by atoms with van der Waals surface area (Å²) in [7, 11) is 0. The predicted molar refractivity (Wildman–Crippen MR) is 49.9 cm³/mol. The van der Waals surface area contributed by atoms with Crippen LogP contribution in [0.3, 0.4) is 0 Å². The molecule has 0 saturated heterocycles. The molecule has 0 heterocycles. The Bertz CT molecular complexity index is 121. The summed E-state index contributed by atoms with van der Waals surface area (Å²) in [5.74, 6) is 0.0141. The van der Waals surface area contributed by atoms with Crippen LogP contribution in [0.2, 0.25) is 0 Å². The quantitative estimate of drug-likeness (QED) is 0.455. The lowest BCUT2D eigenvalue weighted by molar-refractivity contribution is -0.148. The Balaban J connectivity index is 3.31. The normalized spacial score (nSPS) is 12.6. The SMILES string of the molecule is CCCCCOC(=O)[C@H](C)CC. The second-order valence-electron chi connectivity index (χ2n) is 3.18. The highest BCUT2D eigenvalue weighted by Gasteiger charge is 2.10. The summed E-state index contributed by atoms with van der Waals surface area (Å²) in [6.45, 7) is 6.63. The zero-order valence-electron chi connectivity index (χ0n) is 8.43. The van der Waals surface area contributed by atoms with Gasteiger partial charge in [0.25, 0.3) is 0 Å². The summed E-state index contributed by atoms with van der Waals surface area (Å²) in [4.78, 5) is 11.1. The maximum absolute atomic E-state index is 11.1. The number of hydrogen-bond donors (Lipinski definition) is 0. The average Bonchev–Trinajstić information content (AvgIpc) is 2.10. The van der Waals surface area contributed by atoms with Gasteiger partial charge in [0, 0.05) is 0 Å². The van der Waals surface area contributed by atoms with Crippen molar-refractivity contribution >= 4 is 5.97 Å². The van der Waals surface area contributed by atoms with Gasteiger partial charge in [0.05, 0.1) is 12.5 Å². The summed E-state index contributed by atoms with van der Waals surface area (Å²) in [6, 6.07) is 0. The first-order valence-corrected chi connectivity index (χ1v) is 4.89. The molecule has 0 aliphatic rings. The van der Waals surface area contributed by atoms with E-state index in [2.05, 4.69) is 6.92 Å². The monoisotopic (exact) mass is 172 g/mol. The van der Waals surface area contributed by atoms with E-state index in [4.69, 9.17) is 4.74 Å². The molecule has 12 heavy (non-hydrogen) atoms. The second-order valence-corrected chi connectivity index (χ2v) is 3.18. The minimum absolute atomic E-state index is 0.0476. The maximum atomic E-state index is 11.1. The van der Waals surface area contributed by atoms with Gasteiger partial charge >= 0.3 is 5.97 Å². The molecule has 0 aromatic rings. The molecule has 0 unspecified atom stereocenters. The Morgan fingerprint density at radius 3 is 2.50 bits per heavy atom. The van der Waals surface area contributed by atoms with E-state index >= 15 is 0 Å². The first-order chi connectivity index (χ1) is 5.72. The Kier molecular flexibility index (Phi) is 6.82. The number of unbranched alkanes of at least 4 members (excludes halogenated alkanes) is 2. The molecule has 0 N–H and O–H groups in total. The van der Waals surface area contributed by atoms with Gasteiger partial charge in [0.1, 0.15) is 0 Å². The fourth-order valence-corrected chi connectivity index (χ4v) is 0.834. The molecule has 2 heteroatoms. The highest BCUT2D eigenvalue weighted by molar-refractivity contribution is 5.71. The number of carbonyl (C=O) groups is 1. The van der Waals surface area contributed by atoms with Gasteiger partial charge in [-0.1, -0.05) is 33.6 Å². The molecule has 0 saturated carbocycles. The lowest BCUT2D eigenvalue weighted by Crippen LogP contribution is -2.14. The van der Waals surface area contributed by atoms with Gasteiger partial charge in [-0.2, -0.15) is 0 Å². The van der Waals surface area contributed by atoms with Gasteiger partial charge in [-0.25, -0.2) is 0 Å². The molecule has 72 valence electrons. The van der Waals surface area contributed by atoms with E-state index in [1.165, 1.54) is 6.42 Å². The number of ether oxygens (including phenoxy) is 1. The van der Waals surface area contributed by atoms with E-state index in [-0.39, 0.29) is 11.9 Å². The van der Waals surface area contributed by atoms with Crippen molar-refractivity contribution in [2.24, 2.45) is 5.92 Å². The third-order valence-electron chi connectivity index (χ3n) is 2.01. The van der Waals surface area contributed by atoms with Crippen LogP contribution in [0.15, 0.2) is 0 Å². The number of carbonyl (C=O) groups excluding carboxylic acids is 1. The molecule has 0 rings (SSSR count). The summed E-state index contributed by atoms with van der Waals surface area (Å²) >= 11 is 0. The van der Waals surface area contributed by atoms with E-state index in [0.717, 1.165) is 19.3 Å². The van der Waals surface area contributed by atoms with Gasteiger partial charge in [0.2, 0.25) is 0 Å². The lowest BCUT2D eigenvalue weighted by Gasteiger charge is -2.08. The molecule has 0 aromatic carbocycles. The van der Waals surface area contributed by atoms with Crippen LogP contribution in [-0.2, 0) is 9.53 Å². The largest absolute Gasteiger partial charge is 0.465 e. The van der Waals surface area contributed by atoms with Crippen molar-refractivity contribution < 1.29 is 9.53 Å². The molecule has 2 nitrogen and oxygen atoms in total. The fraction of sp³-hybridized carbons (Fsp3) is 0.900. The van der Waals surface area contributed by atoms with Gasteiger partial charge in [-0.3, -0.25) is 4.79 Å². The van der Waals surface area contributed by atoms with Crippen molar-refractivity contribution in [3.8, 4) is 0 Å². The highest BCUT2D eigenvalue weighted by Crippen LogP contribution is 2.04. The smallest absolute Gasteiger partial charge is 0.308 e. The maximum Gasteiger partial charge on any atom is 0.308 e. The minimum Gasteiger partial charge on any atom is -0.465 e. The standard InChI is InChI=1S/C10H20O2/c1-4-6-7-8-12-10(11)9(3)5-2/h9H,4-8H2,1-3H3/t9-/m1/s1. The van der Waals surface area contributed by atoms with Crippen LogP contribution in [-0.4, -0.2) is 12.6 Å². The van der Waals surface area contributed by atoms with Crippen molar-refractivity contribution in [2.75, 3.05) is 6.61 Å². The summed E-state index contributed by atoms with van der Waals surface area (Å²) in [5, 5.41) is 0. The van der Waals surface area contributed by atoms with E-state index in [0.29, 0.717) is 6.61 Å². The van der Waals surface area contributed by atoms with E-state index in [1.54, 1.807) is 0 Å². The number of hydrogen-bond acceptors (Lipinski definition) is 2. The Morgan fingerprint density at radius 2 is 2.00 bits per heavy atom. The van der Waals surface area contributed by atoms with Crippen LogP contribution in [0.1, 0.15) is 46.5 Å². The van der Waals surface area contributed by atoms with Gasteiger partial charge in [0.15, 0.2) is 0 Å². The summed E-state index contributed by atoms with van der Waals surface area (Å²) < 4.78 is 5.06. The van der Waals surface area contributed by atoms with Crippen LogP contribution < -0.4 is 0 Å². The molecule has 0 aromatic heterocycles. The summed E-state index contributed by atoms with van der Waals surface area (Å²) in [5.41, 5.74) is 0. The Labute approximate surface area is 75.3 Å².